The molecule has 0 spiro atoms. The number of aryl methyl sites for hydroxylation is 2. The van der Waals surface area contributed by atoms with Crippen LogP contribution >= 0.6 is 0 Å². The van der Waals surface area contributed by atoms with Crippen LogP contribution in [0.5, 0.6) is 0 Å². The number of anilines is 1. The van der Waals surface area contributed by atoms with E-state index in [1.54, 1.807) is 0 Å². The first kappa shape index (κ1) is 17.3. The molecule has 0 aliphatic rings. The lowest BCUT2D eigenvalue weighted by molar-refractivity contribution is -0.117. The van der Waals surface area contributed by atoms with E-state index in [1.807, 2.05) is 50.1 Å². The van der Waals surface area contributed by atoms with Crippen molar-refractivity contribution >= 4 is 11.6 Å². The number of likely N-dealkylation sites (N-methyl/N-ethyl adjacent to an activating group) is 1. The number of amides is 1. The molecule has 0 aliphatic carbocycles. The number of nitrogens with zero attached hydrogens (tertiary/aromatic N) is 1. The molecule has 23 heavy (non-hydrogen) atoms. The largest absolute Gasteiger partial charge is 0.465 e. The van der Waals surface area contributed by atoms with E-state index < -0.39 is 0 Å². The molecule has 0 saturated heterocycles. The monoisotopic (exact) mass is 314 g/mol. The van der Waals surface area contributed by atoms with Crippen LogP contribution in [0, 0.1) is 13.8 Å². The van der Waals surface area contributed by atoms with Gasteiger partial charge in [0.1, 0.15) is 11.5 Å². The van der Waals surface area contributed by atoms with Crippen molar-refractivity contribution in [3.8, 4) is 0 Å². The van der Waals surface area contributed by atoms with Crippen LogP contribution in [0.3, 0.4) is 0 Å². The number of hydrogen-bond acceptors (Lipinski definition) is 3. The number of para-hydroxylation sites is 1. The molecule has 124 valence electrons. The van der Waals surface area contributed by atoms with E-state index in [-0.39, 0.29) is 5.91 Å². The molecule has 0 aliphatic heterocycles. The molecule has 2 aromatic rings. The fourth-order valence-electron chi connectivity index (χ4n) is 2.66. The highest BCUT2D eigenvalue weighted by Gasteiger charge is 2.14. The lowest BCUT2D eigenvalue weighted by Crippen LogP contribution is -2.30. The number of carbonyl (C=O) groups is 1. The van der Waals surface area contributed by atoms with Crippen molar-refractivity contribution in [1.82, 2.24) is 4.90 Å². The molecular formula is C19H26N2O2. The third kappa shape index (κ3) is 4.70. The molecule has 0 saturated carbocycles. The van der Waals surface area contributed by atoms with E-state index in [0.29, 0.717) is 19.0 Å². The molecule has 2 rings (SSSR count). The minimum atomic E-state index is -0.00743. The normalized spacial score (nSPS) is 11.3. The number of benzene rings is 1. The minimum absolute atomic E-state index is 0.00743. The number of hydrogen-bond donors (Lipinski definition) is 1. The Labute approximate surface area is 138 Å². The van der Waals surface area contributed by atoms with Crippen molar-refractivity contribution in [2.45, 2.75) is 40.2 Å². The van der Waals surface area contributed by atoms with Crippen LogP contribution in [-0.4, -0.2) is 24.4 Å². The fourth-order valence-corrected chi connectivity index (χ4v) is 2.66. The van der Waals surface area contributed by atoms with Crippen molar-refractivity contribution in [1.29, 1.82) is 0 Å². The molecule has 4 nitrogen and oxygen atoms in total. The number of rotatable bonds is 6. The predicted molar refractivity (Wildman–Crippen MR) is 93.7 cm³/mol. The van der Waals surface area contributed by atoms with Gasteiger partial charge in [-0.15, -0.1) is 0 Å². The van der Waals surface area contributed by atoms with E-state index in [0.717, 1.165) is 22.8 Å². The van der Waals surface area contributed by atoms with Gasteiger partial charge in [0.2, 0.25) is 5.91 Å². The number of carbonyl (C=O) groups excluding carboxylic acids is 1. The summed E-state index contributed by atoms with van der Waals surface area (Å²) in [7, 11) is 1.92. The van der Waals surface area contributed by atoms with Crippen LogP contribution in [0.4, 0.5) is 5.69 Å². The van der Waals surface area contributed by atoms with Gasteiger partial charge in [0.15, 0.2) is 0 Å². The minimum Gasteiger partial charge on any atom is -0.465 e. The van der Waals surface area contributed by atoms with Gasteiger partial charge in [-0.05, 0) is 50.1 Å². The highest BCUT2D eigenvalue weighted by Crippen LogP contribution is 2.27. The maximum absolute atomic E-state index is 12.4. The van der Waals surface area contributed by atoms with E-state index in [2.05, 4.69) is 25.2 Å². The van der Waals surface area contributed by atoms with Gasteiger partial charge in [0.25, 0.3) is 0 Å². The third-order valence-electron chi connectivity index (χ3n) is 3.83. The zero-order valence-electron chi connectivity index (χ0n) is 14.6. The first-order valence-corrected chi connectivity index (χ1v) is 8.00. The van der Waals surface area contributed by atoms with Gasteiger partial charge in [0, 0.05) is 5.69 Å². The van der Waals surface area contributed by atoms with Crippen molar-refractivity contribution in [3.05, 3.63) is 53.0 Å². The summed E-state index contributed by atoms with van der Waals surface area (Å²) in [6.45, 7) is 9.15. The van der Waals surface area contributed by atoms with E-state index in [9.17, 15) is 4.79 Å². The second kappa shape index (κ2) is 7.47. The molecule has 4 heteroatoms. The van der Waals surface area contributed by atoms with Crippen molar-refractivity contribution in [3.63, 3.8) is 0 Å². The van der Waals surface area contributed by atoms with Gasteiger partial charge in [-0.1, -0.05) is 32.0 Å². The summed E-state index contributed by atoms with van der Waals surface area (Å²) in [6, 6.07) is 10.0. The molecule has 0 unspecified atom stereocenters. The lowest BCUT2D eigenvalue weighted by atomic mass is 9.98. The molecular weight excluding hydrogens is 288 g/mol. The van der Waals surface area contributed by atoms with E-state index in [1.165, 1.54) is 5.56 Å². The molecule has 1 N–H and O–H groups in total. The molecule has 1 aromatic carbocycles. The SMILES string of the molecule is Cc1ccc(CN(C)CC(=O)Nc2c(C)cccc2C(C)C)o1. The summed E-state index contributed by atoms with van der Waals surface area (Å²) in [5.41, 5.74) is 3.20. The van der Waals surface area contributed by atoms with Crippen LogP contribution < -0.4 is 5.32 Å². The molecule has 1 amide bonds. The van der Waals surface area contributed by atoms with Gasteiger partial charge < -0.3 is 9.73 Å². The zero-order valence-corrected chi connectivity index (χ0v) is 14.6. The van der Waals surface area contributed by atoms with Crippen LogP contribution in [0.15, 0.2) is 34.7 Å². The first-order valence-electron chi connectivity index (χ1n) is 8.00. The standard InChI is InChI=1S/C19H26N2O2/c1-13(2)17-8-6-7-14(3)19(17)20-18(22)12-21(5)11-16-10-9-15(4)23-16/h6-10,13H,11-12H2,1-5H3,(H,20,22). The highest BCUT2D eigenvalue weighted by atomic mass is 16.3. The van der Waals surface area contributed by atoms with Crippen LogP contribution in [0.1, 0.15) is 42.4 Å². The van der Waals surface area contributed by atoms with Gasteiger partial charge in [-0.3, -0.25) is 9.69 Å². The number of furan rings is 1. The summed E-state index contributed by atoms with van der Waals surface area (Å²) in [5.74, 6) is 2.12. The maximum Gasteiger partial charge on any atom is 0.238 e. The van der Waals surface area contributed by atoms with Crippen LogP contribution in [0.25, 0.3) is 0 Å². The average Bonchev–Trinajstić information content (AvgIpc) is 2.85. The Bertz CT molecular complexity index is 674. The third-order valence-corrected chi connectivity index (χ3v) is 3.83. The van der Waals surface area contributed by atoms with Crippen molar-refractivity contribution in [2.75, 3.05) is 18.9 Å². The smallest absolute Gasteiger partial charge is 0.238 e. The summed E-state index contributed by atoms with van der Waals surface area (Å²) >= 11 is 0. The Morgan fingerprint density at radius 1 is 1.22 bits per heavy atom. The molecule has 0 bridgehead atoms. The zero-order chi connectivity index (χ0) is 17.0. The van der Waals surface area contributed by atoms with Gasteiger partial charge in [-0.25, -0.2) is 0 Å². The summed E-state index contributed by atoms with van der Waals surface area (Å²) < 4.78 is 5.55. The van der Waals surface area contributed by atoms with E-state index in [4.69, 9.17) is 4.42 Å². The topological polar surface area (TPSA) is 45.5 Å². The lowest BCUT2D eigenvalue weighted by Gasteiger charge is -2.19. The van der Waals surface area contributed by atoms with Crippen LogP contribution in [-0.2, 0) is 11.3 Å². The molecule has 0 fully saturated rings. The number of nitrogens with one attached hydrogen (secondary N) is 1. The molecule has 1 aromatic heterocycles. The summed E-state index contributed by atoms with van der Waals surface area (Å²) in [5, 5.41) is 3.07. The Morgan fingerprint density at radius 3 is 2.57 bits per heavy atom. The summed E-state index contributed by atoms with van der Waals surface area (Å²) in [4.78, 5) is 14.3. The second-order valence-electron chi connectivity index (χ2n) is 6.43. The van der Waals surface area contributed by atoms with Gasteiger partial charge in [-0.2, -0.15) is 0 Å². The van der Waals surface area contributed by atoms with Crippen molar-refractivity contribution < 1.29 is 9.21 Å². The van der Waals surface area contributed by atoms with Crippen LogP contribution in [0.2, 0.25) is 0 Å². The van der Waals surface area contributed by atoms with Gasteiger partial charge >= 0.3 is 0 Å². The second-order valence-corrected chi connectivity index (χ2v) is 6.43. The first-order chi connectivity index (χ1) is 10.9. The van der Waals surface area contributed by atoms with E-state index >= 15 is 0 Å². The summed E-state index contributed by atoms with van der Waals surface area (Å²) in [6.07, 6.45) is 0. The maximum atomic E-state index is 12.4. The van der Waals surface area contributed by atoms with Crippen molar-refractivity contribution in [2.24, 2.45) is 0 Å². The fraction of sp³-hybridized carbons (Fsp3) is 0.421. The predicted octanol–water partition coefficient (Wildman–Crippen LogP) is 4.09. The quantitative estimate of drug-likeness (QED) is 0.873. The molecule has 0 atom stereocenters. The highest BCUT2D eigenvalue weighted by molar-refractivity contribution is 5.93. The Balaban J connectivity index is 1.99. The Morgan fingerprint density at radius 2 is 1.96 bits per heavy atom. The Hall–Kier alpha value is -2.07. The Kier molecular flexibility index (Phi) is 5.61. The molecule has 1 heterocycles. The molecule has 0 radical (unpaired) electrons. The van der Waals surface area contributed by atoms with Gasteiger partial charge in [0.05, 0.1) is 13.1 Å². The average molecular weight is 314 g/mol.